The molecule has 128 valence electrons. The van der Waals surface area contributed by atoms with E-state index in [1.807, 2.05) is 13.0 Å². The van der Waals surface area contributed by atoms with Crippen LogP contribution in [0.4, 0.5) is 17.5 Å². The van der Waals surface area contributed by atoms with Gasteiger partial charge >= 0.3 is 0 Å². The van der Waals surface area contributed by atoms with Crippen LogP contribution in [-0.2, 0) is 13.0 Å². The Labute approximate surface area is 149 Å². The molecule has 1 aromatic heterocycles. The summed E-state index contributed by atoms with van der Waals surface area (Å²) in [5.41, 5.74) is 5.75. The van der Waals surface area contributed by atoms with Crippen LogP contribution in [0.1, 0.15) is 29.3 Å². The minimum atomic E-state index is 0.633. The van der Waals surface area contributed by atoms with Gasteiger partial charge < -0.3 is 10.6 Å². The van der Waals surface area contributed by atoms with Crippen molar-refractivity contribution in [3.05, 3.63) is 77.0 Å². The van der Waals surface area contributed by atoms with Gasteiger partial charge in [0.15, 0.2) is 0 Å². The summed E-state index contributed by atoms with van der Waals surface area (Å²) in [7, 11) is 0. The summed E-state index contributed by atoms with van der Waals surface area (Å²) >= 11 is 0. The van der Waals surface area contributed by atoms with Crippen LogP contribution in [0.3, 0.4) is 0 Å². The molecule has 1 heterocycles. The number of aromatic nitrogens is 2. The summed E-state index contributed by atoms with van der Waals surface area (Å²) in [6.45, 7) is 6.92. The lowest BCUT2D eigenvalue weighted by atomic mass is 10.1. The van der Waals surface area contributed by atoms with Gasteiger partial charge in [-0.05, 0) is 43.5 Å². The third-order valence-corrected chi connectivity index (χ3v) is 4.06. The molecular weight excluding hydrogens is 308 g/mol. The zero-order valence-corrected chi connectivity index (χ0v) is 15.0. The molecule has 0 aliphatic carbocycles. The van der Waals surface area contributed by atoms with E-state index < -0.39 is 0 Å². The van der Waals surface area contributed by atoms with E-state index in [1.165, 1.54) is 16.7 Å². The molecule has 4 nitrogen and oxygen atoms in total. The van der Waals surface area contributed by atoms with Crippen molar-refractivity contribution >= 4 is 17.5 Å². The Morgan fingerprint density at radius 1 is 0.840 bits per heavy atom. The number of nitrogens with zero attached hydrogens (tertiary/aromatic N) is 2. The minimum Gasteiger partial charge on any atom is -0.350 e. The fraction of sp³-hybridized carbons (Fsp3) is 0.238. The molecule has 0 unspecified atom stereocenters. The van der Waals surface area contributed by atoms with Crippen LogP contribution in [0.2, 0.25) is 0 Å². The highest BCUT2D eigenvalue weighted by atomic mass is 15.1. The number of hydrogen-bond acceptors (Lipinski definition) is 4. The zero-order valence-electron chi connectivity index (χ0n) is 15.0. The van der Waals surface area contributed by atoms with Crippen LogP contribution in [0, 0.1) is 13.8 Å². The Morgan fingerprint density at radius 2 is 1.52 bits per heavy atom. The van der Waals surface area contributed by atoms with Gasteiger partial charge in [0, 0.05) is 24.0 Å². The predicted octanol–water partition coefficient (Wildman–Crippen LogP) is 5.01. The maximum Gasteiger partial charge on any atom is 0.225 e. The molecular formula is C21H24N4. The van der Waals surface area contributed by atoms with E-state index in [0.29, 0.717) is 12.5 Å². The molecule has 0 bridgehead atoms. The summed E-state index contributed by atoms with van der Waals surface area (Å²) < 4.78 is 0. The molecule has 0 saturated carbocycles. The van der Waals surface area contributed by atoms with Gasteiger partial charge in [0.2, 0.25) is 5.95 Å². The van der Waals surface area contributed by atoms with Crippen molar-refractivity contribution in [2.75, 3.05) is 10.6 Å². The largest absolute Gasteiger partial charge is 0.350 e. The second-order valence-corrected chi connectivity index (χ2v) is 6.23. The summed E-state index contributed by atoms with van der Waals surface area (Å²) in [6.07, 6.45) is 1.04. The maximum absolute atomic E-state index is 4.57. The van der Waals surface area contributed by atoms with Gasteiger partial charge in [-0.1, -0.05) is 48.9 Å². The predicted molar refractivity (Wildman–Crippen MR) is 104 cm³/mol. The molecule has 25 heavy (non-hydrogen) atoms. The minimum absolute atomic E-state index is 0.633. The molecule has 2 aromatic carbocycles. The second-order valence-electron chi connectivity index (χ2n) is 6.23. The van der Waals surface area contributed by atoms with Gasteiger partial charge in [-0.15, -0.1) is 0 Å². The molecule has 0 fully saturated rings. The second kappa shape index (κ2) is 7.79. The Morgan fingerprint density at radius 3 is 2.20 bits per heavy atom. The first-order valence-electron chi connectivity index (χ1n) is 8.63. The van der Waals surface area contributed by atoms with Crippen molar-refractivity contribution in [3.8, 4) is 0 Å². The summed E-state index contributed by atoms with van der Waals surface area (Å²) in [5, 5.41) is 6.65. The molecule has 0 aliphatic heterocycles. The SMILES string of the molecule is CCc1ccc(Nc2cc(C)nc(NCc3ccc(C)cc3)n2)cc1. The summed E-state index contributed by atoms with van der Waals surface area (Å²) in [6, 6.07) is 18.8. The molecule has 2 N–H and O–H groups in total. The first-order chi connectivity index (χ1) is 12.1. The Balaban J connectivity index is 1.69. The normalized spacial score (nSPS) is 10.5. The molecule has 4 heteroatoms. The highest BCUT2D eigenvalue weighted by Gasteiger charge is 2.03. The van der Waals surface area contributed by atoms with Crippen molar-refractivity contribution in [2.24, 2.45) is 0 Å². The molecule has 3 aromatic rings. The number of rotatable bonds is 6. The van der Waals surface area contributed by atoms with Gasteiger partial charge in [0.05, 0.1) is 0 Å². The van der Waals surface area contributed by atoms with E-state index in [0.717, 1.165) is 23.6 Å². The van der Waals surface area contributed by atoms with Gasteiger partial charge in [-0.2, -0.15) is 4.98 Å². The smallest absolute Gasteiger partial charge is 0.225 e. The topological polar surface area (TPSA) is 49.8 Å². The fourth-order valence-electron chi connectivity index (χ4n) is 2.57. The molecule has 0 aliphatic rings. The van der Waals surface area contributed by atoms with Crippen molar-refractivity contribution in [1.82, 2.24) is 9.97 Å². The van der Waals surface area contributed by atoms with Crippen LogP contribution >= 0.6 is 0 Å². The monoisotopic (exact) mass is 332 g/mol. The van der Waals surface area contributed by atoms with Gasteiger partial charge in [-0.25, -0.2) is 4.98 Å². The Bertz CT molecular complexity index is 824. The number of anilines is 3. The molecule has 0 saturated heterocycles. The van der Waals surface area contributed by atoms with Gasteiger partial charge in [-0.3, -0.25) is 0 Å². The molecule has 0 atom stereocenters. The average Bonchev–Trinajstić information content (AvgIpc) is 2.61. The molecule has 0 radical (unpaired) electrons. The Hall–Kier alpha value is -2.88. The first kappa shape index (κ1) is 17.0. The van der Waals surface area contributed by atoms with E-state index in [4.69, 9.17) is 0 Å². The standard InChI is InChI=1S/C21H24N4/c1-4-17-9-11-19(12-10-17)24-20-13-16(3)23-21(25-20)22-14-18-7-5-15(2)6-8-18/h5-13H,4,14H2,1-3H3,(H2,22,23,24,25). The number of hydrogen-bond donors (Lipinski definition) is 2. The zero-order chi connectivity index (χ0) is 17.6. The fourth-order valence-corrected chi connectivity index (χ4v) is 2.57. The lowest BCUT2D eigenvalue weighted by molar-refractivity contribution is 1.03. The van der Waals surface area contributed by atoms with Gasteiger partial charge in [0.1, 0.15) is 5.82 Å². The maximum atomic E-state index is 4.57. The molecule has 3 rings (SSSR count). The summed E-state index contributed by atoms with van der Waals surface area (Å²) in [5.74, 6) is 1.43. The third-order valence-electron chi connectivity index (χ3n) is 4.06. The van der Waals surface area contributed by atoms with E-state index in [-0.39, 0.29) is 0 Å². The Kier molecular flexibility index (Phi) is 5.29. The summed E-state index contributed by atoms with van der Waals surface area (Å²) in [4.78, 5) is 9.04. The lowest BCUT2D eigenvalue weighted by Crippen LogP contribution is -2.06. The number of nitrogens with one attached hydrogen (secondary N) is 2. The van der Waals surface area contributed by atoms with Crippen molar-refractivity contribution < 1.29 is 0 Å². The highest BCUT2D eigenvalue weighted by Crippen LogP contribution is 2.18. The average molecular weight is 332 g/mol. The number of benzene rings is 2. The first-order valence-corrected chi connectivity index (χ1v) is 8.63. The van der Waals surface area contributed by atoms with Crippen LogP contribution in [0.15, 0.2) is 54.6 Å². The number of aryl methyl sites for hydroxylation is 3. The van der Waals surface area contributed by atoms with Crippen LogP contribution in [0.5, 0.6) is 0 Å². The molecule has 0 spiro atoms. The van der Waals surface area contributed by atoms with Crippen LogP contribution in [-0.4, -0.2) is 9.97 Å². The lowest BCUT2D eigenvalue weighted by Gasteiger charge is -2.10. The van der Waals surface area contributed by atoms with E-state index in [2.05, 4.69) is 83.0 Å². The van der Waals surface area contributed by atoms with Crippen LogP contribution < -0.4 is 10.6 Å². The van der Waals surface area contributed by atoms with Crippen molar-refractivity contribution in [1.29, 1.82) is 0 Å². The van der Waals surface area contributed by atoms with Gasteiger partial charge in [0.25, 0.3) is 0 Å². The van der Waals surface area contributed by atoms with E-state index >= 15 is 0 Å². The van der Waals surface area contributed by atoms with Crippen molar-refractivity contribution in [3.63, 3.8) is 0 Å². The quantitative estimate of drug-likeness (QED) is 0.666. The van der Waals surface area contributed by atoms with E-state index in [1.54, 1.807) is 0 Å². The molecule has 0 amide bonds. The third kappa shape index (κ3) is 4.80. The van der Waals surface area contributed by atoms with Crippen LogP contribution in [0.25, 0.3) is 0 Å². The van der Waals surface area contributed by atoms with Crippen molar-refractivity contribution in [2.45, 2.75) is 33.7 Å². The van der Waals surface area contributed by atoms with E-state index in [9.17, 15) is 0 Å². The highest BCUT2D eigenvalue weighted by molar-refractivity contribution is 5.58.